The van der Waals surface area contributed by atoms with Crippen molar-refractivity contribution in [2.45, 2.75) is 32.1 Å². The summed E-state index contributed by atoms with van der Waals surface area (Å²) in [5.41, 5.74) is 2.41. The van der Waals surface area contributed by atoms with Crippen LogP contribution >= 0.6 is 0 Å². The van der Waals surface area contributed by atoms with E-state index in [-0.39, 0.29) is 6.42 Å². The van der Waals surface area contributed by atoms with Crippen molar-refractivity contribution in [1.29, 1.82) is 0 Å². The molecule has 0 fully saturated rings. The summed E-state index contributed by atoms with van der Waals surface area (Å²) in [7, 11) is 2.58. The van der Waals surface area contributed by atoms with E-state index in [0.717, 1.165) is 48.0 Å². The van der Waals surface area contributed by atoms with E-state index < -0.39 is 17.4 Å². The molecule has 0 saturated carbocycles. The number of allylic oxidation sites excluding steroid dienone is 5. The van der Waals surface area contributed by atoms with Crippen LogP contribution in [0.5, 0.6) is 0 Å². The van der Waals surface area contributed by atoms with Crippen molar-refractivity contribution in [2.24, 2.45) is 5.41 Å². The predicted molar refractivity (Wildman–Crippen MR) is 107 cm³/mol. The van der Waals surface area contributed by atoms with Crippen LogP contribution in [0, 0.1) is 17.3 Å². The number of hydrogen-bond acceptors (Lipinski definition) is 4. The summed E-state index contributed by atoms with van der Waals surface area (Å²) in [5.74, 6) is 4.98. The fourth-order valence-corrected chi connectivity index (χ4v) is 3.73. The van der Waals surface area contributed by atoms with Gasteiger partial charge in [-0.3, -0.25) is 9.59 Å². The fourth-order valence-electron chi connectivity index (χ4n) is 3.73. The molecule has 0 saturated heterocycles. The molecule has 28 heavy (non-hydrogen) atoms. The van der Waals surface area contributed by atoms with E-state index in [1.807, 2.05) is 36.4 Å². The number of carbonyl (C=O) groups excluding carboxylic acids is 2. The van der Waals surface area contributed by atoms with E-state index in [0.29, 0.717) is 0 Å². The highest BCUT2D eigenvalue weighted by Gasteiger charge is 2.51. The molecule has 0 aromatic heterocycles. The maximum Gasteiger partial charge on any atom is 0.327 e. The Morgan fingerprint density at radius 2 is 1.79 bits per heavy atom. The molecule has 0 heterocycles. The molecule has 0 aliphatic heterocycles. The molecule has 2 aliphatic carbocycles. The highest BCUT2D eigenvalue weighted by Crippen LogP contribution is 2.46. The van der Waals surface area contributed by atoms with Crippen LogP contribution in [-0.2, 0) is 19.1 Å². The lowest BCUT2D eigenvalue weighted by Crippen LogP contribution is -2.38. The number of hydrogen-bond donors (Lipinski definition) is 0. The lowest BCUT2D eigenvalue weighted by molar-refractivity contribution is -0.164. The minimum atomic E-state index is -1.45. The number of benzene rings is 1. The van der Waals surface area contributed by atoms with Crippen LogP contribution in [0.25, 0.3) is 0 Å². The molecule has 3 rings (SSSR count). The molecule has 1 aromatic carbocycles. The zero-order chi connectivity index (χ0) is 20.0. The Hall–Kier alpha value is -3.06. The number of rotatable bonds is 3. The van der Waals surface area contributed by atoms with E-state index in [1.165, 1.54) is 14.2 Å². The molecule has 144 valence electrons. The molecule has 1 aromatic rings. The van der Waals surface area contributed by atoms with E-state index in [4.69, 9.17) is 9.47 Å². The van der Waals surface area contributed by atoms with Crippen molar-refractivity contribution in [3.63, 3.8) is 0 Å². The van der Waals surface area contributed by atoms with Gasteiger partial charge < -0.3 is 9.47 Å². The third kappa shape index (κ3) is 3.94. The van der Waals surface area contributed by atoms with E-state index in [9.17, 15) is 9.59 Å². The van der Waals surface area contributed by atoms with Crippen LogP contribution in [0.3, 0.4) is 0 Å². The normalized spacial score (nSPS) is 19.1. The third-order valence-electron chi connectivity index (χ3n) is 5.18. The molecule has 4 heteroatoms. The highest BCUT2D eigenvalue weighted by atomic mass is 16.5. The Bertz CT molecular complexity index is 891. The summed E-state index contributed by atoms with van der Waals surface area (Å²) in [5, 5.41) is 0. The van der Waals surface area contributed by atoms with Gasteiger partial charge in [0.05, 0.1) is 14.2 Å². The highest BCUT2D eigenvalue weighted by molar-refractivity contribution is 6.04. The lowest BCUT2D eigenvalue weighted by Gasteiger charge is -2.20. The van der Waals surface area contributed by atoms with Crippen molar-refractivity contribution < 1.29 is 19.1 Å². The minimum Gasteiger partial charge on any atom is -0.468 e. The number of methoxy groups -OCH3 is 2. The fraction of sp³-hybridized carbons (Fsp3) is 0.333. The Morgan fingerprint density at radius 3 is 2.39 bits per heavy atom. The van der Waals surface area contributed by atoms with Crippen LogP contribution in [0.1, 0.15) is 37.7 Å². The van der Waals surface area contributed by atoms with Crippen molar-refractivity contribution in [3.05, 3.63) is 70.8 Å². The molecule has 0 spiro atoms. The molecule has 0 N–H and O–H groups in total. The van der Waals surface area contributed by atoms with Crippen molar-refractivity contribution >= 4 is 11.9 Å². The van der Waals surface area contributed by atoms with Crippen molar-refractivity contribution in [3.8, 4) is 11.8 Å². The van der Waals surface area contributed by atoms with Crippen molar-refractivity contribution in [1.82, 2.24) is 0 Å². The molecular weight excluding hydrogens is 352 g/mol. The summed E-state index contributed by atoms with van der Waals surface area (Å²) in [6.07, 6.45) is 10.1. The second-order valence-corrected chi connectivity index (χ2v) is 6.97. The standard InChI is InChI=1S/C24H24O4/c1-27-22(25)24(23(26)28-2)16-20(15-9-12-18-10-5-3-6-11-18)21(17-24)19-13-7-4-8-14-19/h3,5-6,10-11,13,15,17H,4,7-8,14,16H2,1-2H3/b20-15-. The number of ether oxygens (including phenoxy) is 2. The third-order valence-corrected chi connectivity index (χ3v) is 5.18. The van der Waals surface area contributed by atoms with Crippen LogP contribution in [-0.4, -0.2) is 26.2 Å². The van der Waals surface area contributed by atoms with E-state index in [2.05, 4.69) is 17.9 Å². The summed E-state index contributed by atoms with van der Waals surface area (Å²) >= 11 is 0. The molecular formula is C24H24O4. The summed E-state index contributed by atoms with van der Waals surface area (Å²) in [6, 6.07) is 9.69. The average Bonchev–Trinajstić information content (AvgIpc) is 3.15. The molecule has 0 radical (unpaired) electrons. The zero-order valence-electron chi connectivity index (χ0n) is 16.3. The SMILES string of the molecule is COC(=O)C1(C(=O)OC)C=C(C2=CCCCC2)/C(=C\C#Cc2ccccc2)C1. The lowest BCUT2D eigenvalue weighted by atomic mass is 9.86. The van der Waals surface area contributed by atoms with Gasteiger partial charge in [-0.05, 0) is 66.7 Å². The molecule has 2 aliphatic rings. The van der Waals surface area contributed by atoms with Crippen LogP contribution in [0.4, 0.5) is 0 Å². The maximum absolute atomic E-state index is 12.6. The monoisotopic (exact) mass is 376 g/mol. The second-order valence-electron chi connectivity index (χ2n) is 6.97. The topological polar surface area (TPSA) is 52.6 Å². The largest absolute Gasteiger partial charge is 0.468 e. The van der Waals surface area contributed by atoms with Crippen LogP contribution in [0.2, 0.25) is 0 Å². The maximum atomic E-state index is 12.6. The van der Waals surface area contributed by atoms with Crippen LogP contribution in [0.15, 0.2) is 65.3 Å². The van der Waals surface area contributed by atoms with Crippen molar-refractivity contribution in [2.75, 3.05) is 14.2 Å². The molecule has 4 nitrogen and oxygen atoms in total. The van der Waals surface area contributed by atoms with Gasteiger partial charge in [0.15, 0.2) is 5.41 Å². The zero-order valence-corrected chi connectivity index (χ0v) is 16.3. The Balaban J connectivity index is 2.03. The molecule has 0 bridgehead atoms. The minimum absolute atomic E-state index is 0.197. The predicted octanol–water partition coefficient (Wildman–Crippen LogP) is 4.13. The first kappa shape index (κ1) is 19.7. The van der Waals surface area contributed by atoms with Gasteiger partial charge in [-0.1, -0.05) is 36.1 Å². The summed E-state index contributed by atoms with van der Waals surface area (Å²) in [4.78, 5) is 25.1. The van der Waals surface area contributed by atoms with Gasteiger partial charge in [0, 0.05) is 12.0 Å². The van der Waals surface area contributed by atoms with E-state index in [1.54, 1.807) is 6.08 Å². The van der Waals surface area contributed by atoms with Gasteiger partial charge in [0.25, 0.3) is 0 Å². The van der Waals surface area contributed by atoms with Gasteiger partial charge in [0.2, 0.25) is 0 Å². The first-order valence-electron chi connectivity index (χ1n) is 9.46. The summed E-state index contributed by atoms with van der Waals surface area (Å²) < 4.78 is 9.90. The van der Waals surface area contributed by atoms with Crippen LogP contribution < -0.4 is 0 Å². The first-order valence-corrected chi connectivity index (χ1v) is 9.46. The van der Waals surface area contributed by atoms with Gasteiger partial charge >= 0.3 is 11.9 Å². The Morgan fingerprint density at radius 1 is 1.07 bits per heavy atom. The van der Waals surface area contributed by atoms with Gasteiger partial charge in [-0.2, -0.15) is 0 Å². The number of carbonyl (C=O) groups is 2. The first-order chi connectivity index (χ1) is 13.6. The summed E-state index contributed by atoms with van der Waals surface area (Å²) in [6.45, 7) is 0. The second kappa shape index (κ2) is 8.75. The van der Waals surface area contributed by atoms with E-state index >= 15 is 0 Å². The molecule has 0 unspecified atom stereocenters. The Kier molecular flexibility index (Phi) is 6.16. The molecule has 0 atom stereocenters. The van der Waals surface area contributed by atoms with Gasteiger partial charge in [-0.25, -0.2) is 0 Å². The number of esters is 2. The average molecular weight is 376 g/mol. The van der Waals surface area contributed by atoms with Gasteiger partial charge in [0.1, 0.15) is 0 Å². The quantitative estimate of drug-likeness (QED) is 0.452. The molecule has 0 amide bonds. The van der Waals surface area contributed by atoms with Gasteiger partial charge in [-0.15, -0.1) is 0 Å². The smallest absolute Gasteiger partial charge is 0.327 e. The Labute approximate surface area is 165 Å².